The Morgan fingerprint density at radius 2 is 1.50 bits per heavy atom. The summed E-state index contributed by atoms with van der Waals surface area (Å²) in [6, 6.07) is 0. The quantitative estimate of drug-likeness (QED) is 0.446. The lowest BCUT2D eigenvalue weighted by atomic mass is 9.90. The monoisotopic (exact) mass is 226 g/mol. The zero-order chi connectivity index (χ0) is 12.2. The molecular weight excluding hydrogens is 196 g/mol. The lowest BCUT2D eigenvalue weighted by Crippen LogP contribution is -2.03. The van der Waals surface area contributed by atoms with Crippen LogP contribution < -0.4 is 0 Å². The molecule has 0 radical (unpaired) electrons. The summed E-state index contributed by atoms with van der Waals surface area (Å²) < 4.78 is 0. The molecule has 0 heterocycles. The maximum absolute atomic E-state index is 11.0. The highest BCUT2D eigenvalue weighted by atomic mass is 16.1. The first-order valence-electron chi connectivity index (χ1n) is 7.20. The van der Waals surface area contributed by atoms with Crippen molar-refractivity contribution in [3.63, 3.8) is 0 Å². The second-order valence-corrected chi connectivity index (χ2v) is 5.10. The smallest absolute Gasteiger partial charge is 0.129 e. The van der Waals surface area contributed by atoms with Gasteiger partial charge in [-0.1, -0.05) is 65.2 Å². The molecule has 1 nitrogen and oxygen atoms in total. The normalized spacial score (nSPS) is 12.7. The molecule has 0 amide bonds. The summed E-state index contributed by atoms with van der Waals surface area (Å²) in [5.41, 5.74) is 0. The van der Waals surface area contributed by atoms with Crippen LogP contribution in [0.4, 0.5) is 0 Å². The number of Topliss-reactive ketones (excluding diaryl/α,β-unsaturated/α-hetero) is 1. The van der Waals surface area contributed by atoms with Crippen LogP contribution in [-0.2, 0) is 4.79 Å². The topological polar surface area (TPSA) is 17.1 Å². The fourth-order valence-corrected chi connectivity index (χ4v) is 2.19. The molecule has 0 rings (SSSR count). The van der Waals surface area contributed by atoms with Gasteiger partial charge < -0.3 is 4.79 Å². The Morgan fingerprint density at radius 1 is 0.875 bits per heavy atom. The molecule has 1 unspecified atom stereocenters. The van der Waals surface area contributed by atoms with Crippen LogP contribution in [0.2, 0.25) is 0 Å². The third kappa shape index (κ3) is 10.2. The lowest BCUT2D eigenvalue weighted by molar-refractivity contribution is -0.117. The summed E-state index contributed by atoms with van der Waals surface area (Å²) in [4.78, 5) is 11.0. The number of unbranched alkanes of at least 4 members (excludes halogenated alkanes) is 4. The molecule has 0 aliphatic carbocycles. The van der Waals surface area contributed by atoms with Crippen molar-refractivity contribution in [2.45, 2.75) is 85.0 Å². The van der Waals surface area contributed by atoms with E-state index >= 15 is 0 Å². The Bertz CT molecular complexity index is 163. The van der Waals surface area contributed by atoms with E-state index in [1.54, 1.807) is 6.92 Å². The van der Waals surface area contributed by atoms with Gasteiger partial charge in [0.2, 0.25) is 0 Å². The van der Waals surface area contributed by atoms with E-state index in [1.807, 2.05) is 0 Å². The Labute approximate surface area is 102 Å². The number of hydrogen-bond donors (Lipinski definition) is 0. The molecule has 16 heavy (non-hydrogen) atoms. The van der Waals surface area contributed by atoms with E-state index < -0.39 is 0 Å². The van der Waals surface area contributed by atoms with Crippen LogP contribution in [0.15, 0.2) is 0 Å². The van der Waals surface area contributed by atoms with Crippen LogP contribution in [0.1, 0.15) is 85.0 Å². The van der Waals surface area contributed by atoms with Gasteiger partial charge in [-0.05, 0) is 19.3 Å². The number of carbonyl (C=O) groups is 1. The van der Waals surface area contributed by atoms with E-state index in [0.29, 0.717) is 5.78 Å². The van der Waals surface area contributed by atoms with Gasteiger partial charge in [-0.2, -0.15) is 0 Å². The standard InChI is InChI=1S/C15H30O/c1-4-6-8-9-11-15(10-7-5-2)13-12-14(3)16/h15H,4-13H2,1-3H3. The molecule has 0 aromatic rings. The Morgan fingerprint density at radius 3 is 2.06 bits per heavy atom. The molecule has 0 N–H and O–H groups in total. The minimum atomic E-state index is 0.357. The number of rotatable bonds is 11. The molecule has 0 aliphatic rings. The van der Waals surface area contributed by atoms with Gasteiger partial charge in [0, 0.05) is 6.42 Å². The van der Waals surface area contributed by atoms with Crippen molar-refractivity contribution < 1.29 is 4.79 Å². The highest BCUT2D eigenvalue weighted by Crippen LogP contribution is 2.22. The van der Waals surface area contributed by atoms with Crippen LogP contribution in [0, 0.1) is 5.92 Å². The minimum absolute atomic E-state index is 0.357. The maximum Gasteiger partial charge on any atom is 0.129 e. The Hall–Kier alpha value is -0.330. The van der Waals surface area contributed by atoms with E-state index in [0.717, 1.165) is 18.8 Å². The summed E-state index contributed by atoms with van der Waals surface area (Å²) in [6.07, 6.45) is 12.6. The molecule has 0 aliphatic heterocycles. The second-order valence-electron chi connectivity index (χ2n) is 5.10. The van der Waals surface area contributed by atoms with Gasteiger partial charge >= 0.3 is 0 Å². The summed E-state index contributed by atoms with van der Waals surface area (Å²) in [5.74, 6) is 1.16. The van der Waals surface area contributed by atoms with Crippen molar-refractivity contribution in [3.8, 4) is 0 Å². The summed E-state index contributed by atoms with van der Waals surface area (Å²) >= 11 is 0. The summed E-state index contributed by atoms with van der Waals surface area (Å²) in [5, 5.41) is 0. The van der Waals surface area contributed by atoms with Crippen LogP contribution in [-0.4, -0.2) is 5.78 Å². The summed E-state index contributed by atoms with van der Waals surface area (Å²) in [6.45, 7) is 6.22. The number of carbonyl (C=O) groups excluding carboxylic acids is 1. The molecule has 1 heteroatoms. The van der Waals surface area contributed by atoms with Crippen molar-refractivity contribution >= 4 is 5.78 Å². The fourth-order valence-electron chi connectivity index (χ4n) is 2.19. The molecule has 0 bridgehead atoms. The van der Waals surface area contributed by atoms with Crippen LogP contribution in [0.5, 0.6) is 0 Å². The van der Waals surface area contributed by atoms with Gasteiger partial charge in [0.15, 0.2) is 0 Å². The second kappa shape index (κ2) is 11.2. The third-order valence-electron chi connectivity index (χ3n) is 3.34. The van der Waals surface area contributed by atoms with E-state index in [1.165, 1.54) is 51.4 Å². The Balaban J connectivity index is 3.66. The molecule has 0 spiro atoms. The fraction of sp³-hybridized carbons (Fsp3) is 0.933. The molecule has 96 valence electrons. The zero-order valence-corrected chi connectivity index (χ0v) is 11.6. The van der Waals surface area contributed by atoms with Gasteiger partial charge in [0.1, 0.15) is 5.78 Å². The van der Waals surface area contributed by atoms with Gasteiger partial charge in [-0.15, -0.1) is 0 Å². The van der Waals surface area contributed by atoms with Crippen molar-refractivity contribution in [2.75, 3.05) is 0 Å². The van der Waals surface area contributed by atoms with Crippen LogP contribution in [0.25, 0.3) is 0 Å². The largest absolute Gasteiger partial charge is 0.300 e. The first kappa shape index (κ1) is 15.7. The maximum atomic E-state index is 11.0. The minimum Gasteiger partial charge on any atom is -0.300 e. The van der Waals surface area contributed by atoms with Crippen molar-refractivity contribution in [1.82, 2.24) is 0 Å². The van der Waals surface area contributed by atoms with E-state index in [9.17, 15) is 4.79 Å². The molecule has 0 aromatic carbocycles. The number of hydrogen-bond acceptors (Lipinski definition) is 1. The molecule has 1 atom stereocenters. The predicted octanol–water partition coefficient (Wildman–Crippen LogP) is 5.13. The Kier molecular flexibility index (Phi) is 10.9. The highest BCUT2D eigenvalue weighted by molar-refractivity contribution is 5.75. The van der Waals surface area contributed by atoms with Gasteiger partial charge in [-0.3, -0.25) is 0 Å². The van der Waals surface area contributed by atoms with E-state index in [-0.39, 0.29) is 0 Å². The lowest BCUT2D eigenvalue weighted by Gasteiger charge is -2.15. The van der Waals surface area contributed by atoms with Crippen molar-refractivity contribution in [2.24, 2.45) is 5.92 Å². The first-order chi connectivity index (χ1) is 7.70. The van der Waals surface area contributed by atoms with Gasteiger partial charge in [0.05, 0.1) is 0 Å². The number of ketones is 1. The van der Waals surface area contributed by atoms with E-state index in [4.69, 9.17) is 0 Å². The SMILES string of the molecule is CCCCCCC(CCCC)CCC(C)=O. The molecule has 0 saturated heterocycles. The first-order valence-corrected chi connectivity index (χ1v) is 7.20. The van der Waals surface area contributed by atoms with Gasteiger partial charge in [-0.25, -0.2) is 0 Å². The van der Waals surface area contributed by atoms with E-state index in [2.05, 4.69) is 13.8 Å². The van der Waals surface area contributed by atoms with Gasteiger partial charge in [0.25, 0.3) is 0 Å². The molecule has 0 saturated carbocycles. The average molecular weight is 226 g/mol. The predicted molar refractivity (Wildman–Crippen MR) is 71.7 cm³/mol. The van der Waals surface area contributed by atoms with Crippen LogP contribution in [0.3, 0.4) is 0 Å². The van der Waals surface area contributed by atoms with Crippen molar-refractivity contribution in [1.29, 1.82) is 0 Å². The summed E-state index contributed by atoms with van der Waals surface area (Å²) in [7, 11) is 0. The average Bonchev–Trinajstić information content (AvgIpc) is 2.26. The van der Waals surface area contributed by atoms with Crippen molar-refractivity contribution in [3.05, 3.63) is 0 Å². The molecule has 0 aromatic heterocycles. The molecule has 0 fully saturated rings. The highest BCUT2D eigenvalue weighted by Gasteiger charge is 2.09. The third-order valence-corrected chi connectivity index (χ3v) is 3.34. The molecular formula is C15H30O. The zero-order valence-electron chi connectivity index (χ0n) is 11.6. The van der Waals surface area contributed by atoms with Crippen LogP contribution >= 0.6 is 0 Å².